The molecule has 1 N–H and O–H groups in total. The number of hydrogen-bond acceptors (Lipinski definition) is 6. The van der Waals surface area contributed by atoms with Crippen molar-refractivity contribution in [2.45, 2.75) is 17.1 Å². The first-order valence-corrected chi connectivity index (χ1v) is 8.74. The second kappa shape index (κ2) is 9.15. The normalized spacial score (nSPS) is 11.4. The second-order valence-electron chi connectivity index (χ2n) is 5.33. The summed E-state index contributed by atoms with van der Waals surface area (Å²) in [5, 5.41) is 2.41. The highest BCUT2D eigenvalue weighted by Crippen LogP contribution is 2.30. The lowest BCUT2D eigenvalue weighted by molar-refractivity contribution is -0.139. The van der Waals surface area contributed by atoms with Gasteiger partial charge in [-0.05, 0) is 19.1 Å². The van der Waals surface area contributed by atoms with Gasteiger partial charge in [0.05, 0.1) is 26.9 Å². The van der Waals surface area contributed by atoms with Gasteiger partial charge in [0.1, 0.15) is 16.7 Å². The zero-order chi connectivity index (χ0) is 19.1. The van der Waals surface area contributed by atoms with Crippen molar-refractivity contribution < 1.29 is 23.8 Å². The molecule has 0 bridgehead atoms. The third-order valence-electron chi connectivity index (χ3n) is 3.58. The highest BCUT2D eigenvalue weighted by Gasteiger charge is 2.19. The van der Waals surface area contributed by atoms with Gasteiger partial charge in [-0.25, -0.2) is 0 Å². The van der Waals surface area contributed by atoms with Crippen molar-refractivity contribution in [3.8, 4) is 11.5 Å². The van der Waals surface area contributed by atoms with Crippen LogP contribution in [0.2, 0.25) is 0 Å². The van der Waals surface area contributed by atoms with Crippen molar-refractivity contribution in [2.75, 3.05) is 26.6 Å². The molecular formula is C19H21NO5S. The van der Waals surface area contributed by atoms with Gasteiger partial charge in [0.25, 0.3) is 5.91 Å². The average molecular weight is 375 g/mol. The van der Waals surface area contributed by atoms with Gasteiger partial charge in [0.15, 0.2) is 0 Å². The molecule has 26 heavy (non-hydrogen) atoms. The molecule has 0 aromatic heterocycles. The first-order valence-electron chi connectivity index (χ1n) is 7.86. The summed E-state index contributed by atoms with van der Waals surface area (Å²) in [6.07, 6.45) is 0. The number of carbonyl (C=O) groups excluding carboxylic acids is 2. The molecule has 0 heterocycles. The predicted octanol–water partition coefficient (Wildman–Crippen LogP) is 3.61. The van der Waals surface area contributed by atoms with Crippen LogP contribution in [0.3, 0.4) is 0 Å². The Morgan fingerprint density at radius 3 is 2.19 bits per heavy atom. The van der Waals surface area contributed by atoms with Gasteiger partial charge in [-0.1, -0.05) is 12.1 Å². The quantitative estimate of drug-likeness (QED) is 0.589. The van der Waals surface area contributed by atoms with Crippen LogP contribution in [-0.2, 0) is 9.53 Å². The molecule has 0 aliphatic rings. The fraction of sp³-hybridized carbons (Fsp3) is 0.263. The van der Waals surface area contributed by atoms with Crippen molar-refractivity contribution >= 4 is 29.3 Å². The van der Waals surface area contributed by atoms with Crippen LogP contribution in [0, 0.1) is 0 Å². The minimum Gasteiger partial charge on any atom is -0.497 e. The van der Waals surface area contributed by atoms with Crippen molar-refractivity contribution in [1.29, 1.82) is 0 Å². The third-order valence-corrected chi connectivity index (χ3v) is 4.73. The number of carbonyl (C=O) groups is 2. The molecular weight excluding hydrogens is 354 g/mol. The number of nitrogens with one attached hydrogen (secondary N) is 1. The maximum absolute atomic E-state index is 12.7. The summed E-state index contributed by atoms with van der Waals surface area (Å²) in [5.41, 5.74) is 1.02. The van der Waals surface area contributed by atoms with E-state index in [1.807, 2.05) is 6.07 Å². The van der Waals surface area contributed by atoms with Crippen molar-refractivity contribution in [3.63, 3.8) is 0 Å². The van der Waals surface area contributed by atoms with Crippen LogP contribution < -0.4 is 14.8 Å². The van der Waals surface area contributed by atoms with Gasteiger partial charge in [-0.2, -0.15) is 0 Å². The molecule has 1 unspecified atom stereocenters. The second-order valence-corrected chi connectivity index (χ2v) is 6.72. The molecule has 6 nitrogen and oxygen atoms in total. The molecule has 2 aromatic rings. The minimum absolute atomic E-state index is 0.291. The van der Waals surface area contributed by atoms with Crippen LogP contribution in [0.1, 0.15) is 17.3 Å². The molecule has 0 saturated carbocycles. The molecule has 2 rings (SSSR count). The Bertz CT molecular complexity index is 771. The molecule has 0 fully saturated rings. The van der Waals surface area contributed by atoms with Gasteiger partial charge in [-0.3, -0.25) is 9.59 Å². The van der Waals surface area contributed by atoms with E-state index in [1.165, 1.54) is 18.9 Å². The van der Waals surface area contributed by atoms with Gasteiger partial charge in [0, 0.05) is 28.8 Å². The molecule has 7 heteroatoms. The Morgan fingerprint density at radius 2 is 1.62 bits per heavy atom. The van der Waals surface area contributed by atoms with E-state index in [1.54, 1.807) is 57.5 Å². The SMILES string of the molecule is COC(=O)C(C)Sc1ccccc1C(=O)Nc1cc(OC)cc(OC)c1. The van der Waals surface area contributed by atoms with E-state index in [4.69, 9.17) is 14.2 Å². The third kappa shape index (κ3) is 4.92. The topological polar surface area (TPSA) is 73.9 Å². The van der Waals surface area contributed by atoms with Crippen LogP contribution in [0.4, 0.5) is 5.69 Å². The first kappa shape index (κ1) is 19.7. The molecule has 0 spiro atoms. The predicted molar refractivity (Wildman–Crippen MR) is 101 cm³/mol. The van der Waals surface area contributed by atoms with E-state index in [2.05, 4.69) is 5.32 Å². The number of anilines is 1. The van der Waals surface area contributed by atoms with E-state index in [9.17, 15) is 9.59 Å². The number of amides is 1. The highest BCUT2D eigenvalue weighted by molar-refractivity contribution is 8.00. The lowest BCUT2D eigenvalue weighted by atomic mass is 10.2. The van der Waals surface area contributed by atoms with Gasteiger partial charge >= 0.3 is 5.97 Å². The molecule has 1 amide bonds. The number of thioether (sulfide) groups is 1. The van der Waals surface area contributed by atoms with Crippen molar-refractivity contribution in [3.05, 3.63) is 48.0 Å². The number of benzene rings is 2. The molecule has 0 saturated heterocycles. The number of esters is 1. The Balaban J connectivity index is 2.24. The Morgan fingerprint density at radius 1 is 1.00 bits per heavy atom. The number of ether oxygens (including phenoxy) is 3. The van der Waals surface area contributed by atoms with E-state index < -0.39 is 5.25 Å². The molecule has 0 aliphatic carbocycles. The molecule has 2 aromatic carbocycles. The fourth-order valence-corrected chi connectivity index (χ4v) is 3.26. The van der Waals surface area contributed by atoms with Crippen LogP contribution in [0.25, 0.3) is 0 Å². The van der Waals surface area contributed by atoms with Crippen molar-refractivity contribution in [2.24, 2.45) is 0 Å². The zero-order valence-corrected chi connectivity index (χ0v) is 15.9. The van der Waals surface area contributed by atoms with E-state index in [0.29, 0.717) is 27.6 Å². The molecule has 0 aliphatic heterocycles. The monoisotopic (exact) mass is 375 g/mol. The Kier molecular flexibility index (Phi) is 6.91. The average Bonchev–Trinajstić information content (AvgIpc) is 2.67. The lowest BCUT2D eigenvalue weighted by Crippen LogP contribution is -2.17. The van der Waals surface area contributed by atoms with Crippen LogP contribution in [0.5, 0.6) is 11.5 Å². The highest BCUT2D eigenvalue weighted by atomic mass is 32.2. The van der Waals surface area contributed by atoms with Crippen LogP contribution in [0.15, 0.2) is 47.4 Å². The molecule has 1 atom stereocenters. The smallest absolute Gasteiger partial charge is 0.318 e. The zero-order valence-electron chi connectivity index (χ0n) is 15.1. The maximum atomic E-state index is 12.7. The fourth-order valence-electron chi connectivity index (χ4n) is 2.24. The standard InChI is InChI=1S/C19H21NO5S/c1-12(19(22)25-4)26-17-8-6-5-7-16(17)18(21)20-13-9-14(23-2)11-15(10-13)24-3/h5-12H,1-4H3,(H,20,21). The van der Waals surface area contributed by atoms with Gasteiger partial charge < -0.3 is 19.5 Å². The molecule has 0 radical (unpaired) electrons. The van der Waals surface area contributed by atoms with E-state index in [-0.39, 0.29) is 11.9 Å². The maximum Gasteiger partial charge on any atom is 0.318 e. The van der Waals surface area contributed by atoms with Gasteiger partial charge in [0.2, 0.25) is 0 Å². The number of rotatable bonds is 7. The lowest BCUT2D eigenvalue weighted by Gasteiger charge is -2.14. The van der Waals surface area contributed by atoms with Gasteiger partial charge in [-0.15, -0.1) is 11.8 Å². The van der Waals surface area contributed by atoms with E-state index in [0.717, 1.165) is 0 Å². The van der Waals surface area contributed by atoms with Crippen LogP contribution >= 0.6 is 11.8 Å². The largest absolute Gasteiger partial charge is 0.497 e. The van der Waals surface area contributed by atoms with Crippen LogP contribution in [-0.4, -0.2) is 38.5 Å². The summed E-state index contributed by atoms with van der Waals surface area (Å²) in [4.78, 5) is 25.1. The Hall–Kier alpha value is -2.67. The summed E-state index contributed by atoms with van der Waals surface area (Å²) < 4.78 is 15.2. The summed E-state index contributed by atoms with van der Waals surface area (Å²) in [6, 6.07) is 12.2. The minimum atomic E-state index is -0.425. The summed E-state index contributed by atoms with van der Waals surface area (Å²) in [5.74, 6) is 0.506. The number of methoxy groups -OCH3 is 3. The summed E-state index contributed by atoms with van der Waals surface area (Å²) in [6.45, 7) is 1.73. The summed E-state index contributed by atoms with van der Waals surface area (Å²) in [7, 11) is 4.43. The van der Waals surface area contributed by atoms with E-state index >= 15 is 0 Å². The molecule has 138 valence electrons. The summed E-state index contributed by atoms with van der Waals surface area (Å²) >= 11 is 1.27. The van der Waals surface area contributed by atoms with Crippen molar-refractivity contribution in [1.82, 2.24) is 0 Å². The Labute approximate surface area is 156 Å². The first-order chi connectivity index (χ1) is 12.5. The number of hydrogen-bond donors (Lipinski definition) is 1.